The number of unbranched alkanes of at least 4 members (excludes halogenated alkanes) is 14. The van der Waals surface area contributed by atoms with Crippen molar-refractivity contribution in [3.05, 3.63) is 5.76 Å². The summed E-state index contributed by atoms with van der Waals surface area (Å²) in [6.45, 7) is 7.70. The summed E-state index contributed by atoms with van der Waals surface area (Å²) < 4.78 is 11.9. The van der Waals surface area contributed by atoms with Gasteiger partial charge in [-0.2, -0.15) is 0 Å². The molecule has 1 rings (SSSR count). The van der Waals surface area contributed by atoms with Crippen molar-refractivity contribution in [2.75, 3.05) is 0 Å². The Kier molecular flexibility index (Phi) is 21.6. The number of carbonyl (C=O) groups excluding carboxylic acids is 2. The van der Waals surface area contributed by atoms with Gasteiger partial charge in [0, 0.05) is 6.42 Å². The quantitative estimate of drug-likeness (QED) is 0.0314. The molecule has 0 aromatic rings. The zero-order chi connectivity index (χ0) is 34.5. The number of hydrogen-bond acceptors (Lipinski definition) is 9. The molecule has 0 aromatic carbocycles. The fraction of sp³-hybridized carbons (Fsp3) is 0.889. The number of Topliss-reactive ketones (excluding diaryl/α,β-unsaturated/α-hetero) is 1. The van der Waals surface area contributed by atoms with Crippen LogP contribution in [-0.4, -0.2) is 86.0 Å². The van der Waals surface area contributed by atoms with Crippen LogP contribution in [0.1, 0.15) is 156 Å². The third-order valence-corrected chi connectivity index (χ3v) is 9.43. The van der Waals surface area contributed by atoms with E-state index in [0.29, 0.717) is 25.7 Å². The Balaban J connectivity index is 3.44. The number of ether oxygens (including phenoxy) is 2. The monoisotopic (exact) mass is 656 g/mol. The molecule has 0 bridgehead atoms. The Labute approximate surface area is 276 Å². The van der Waals surface area contributed by atoms with Gasteiger partial charge in [-0.3, -0.25) is 9.59 Å². The van der Waals surface area contributed by atoms with Crippen molar-refractivity contribution in [3.8, 4) is 0 Å². The molecular formula is C36H64O10. The second-order valence-electron chi connectivity index (χ2n) is 13.2. The summed E-state index contributed by atoms with van der Waals surface area (Å²) >= 11 is 0. The van der Waals surface area contributed by atoms with Gasteiger partial charge in [0.25, 0.3) is 0 Å². The summed E-state index contributed by atoms with van der Waals surface area (Å²) in [6, 6.07) is 0. The fourth-order valence-corrected chi connectivity index (χ4v) is 6.46. The van der Waals surface area contributed by atoms with Crippen LogP contribution in [0.5, 0.6) is 0 Å². The fourth-order valence-electron chi connectivity index (χ4n) is 6.46. The van der Waals surface area contributed by atoms with Gasteiger partial charge in [-0.15, -0.1) is 0 Å². The van der Waals surface area contributed by atoms with E-state index >= 15 is 0 Å². The maximum atomic E-state index is 14.2. The first-order valence-corrected chi connectivity index (χ1v) is 18.1. The second kappa shape index (κ2) is 23.5. The van der Waals surface area contributed by atoms with Crippen LogP contribution >= 0.6 is 0 Å². The van der Waals surface area contributed by atoms with Gasteiger partial charge in [-0.25, -0.2) is 4.79 Å². The Hall–Kier alpha value is -1.81. The Morgan fingerprint density at radius 2 is 1.24 bits per heavy atom. The number of carboxylic acid groups (broad SMARTS) is 1. The topological polar surface area (TPSA) is 171 Å². The number of aliphatic hydroxyl groups is 4. The summed E-state index contributed by atoms with van der Waals surface area (Å²) in [6.07, 6.45) is 3.56. The highest BCUT2D eigenvalue weighted by Gasteiger charge is 2.65. The van der Waals surface area contributed by atoms with Crippen LogP contribution in [0.2, 0.25) is 0 Å². The molecule has 0 spiro atoms. The van der Waals surface area contributed by atoms with Crippen LogP contribution in [0.3, 0.4) is 0 Å². The number of ketones is 1. The lowest BCUT2D eigenvalue weighted by atomic mass is 9.66. The summed E-state index contributed by atoms with van der Waals surface area (Å²) in [5.41, 5.74) is -2.74. The number of rotatable bonds is 27. The van der Waals surface area contributed by atoms with Crippen molar-refractivity contribution in [2.24, 2.45) is 5.41 Å². The largest absolute Gasteiger partial charge is 0.480 e. The molecule has 0 radical (unpaired) electrons. The van der Waals surface area contributed by atoms with E-state index in [2.05, 4.69) is 20.8 Å². The van der Waals surface area contributed by atoms with Gasteiger partial charge < -0.3 is 35.0 Å². The number of aliphatic carboxylic acids is 1. The molecule has 5 N–H and O–H groups in total. The lowest BCUT2D eigenvalue weighted by Gasteiger charge is -2.49. The number of allylic oxidation sites excluding steroid dienone is 1. The summed E-state index contributed by atoms with van der Waals surface area (Å²) in [5.74, 6) is -1.30. The molecule has 8 atom stereocenters. The molecule has 1 saturated heterocycles. The molecule has 0 aromatic heterocycles. The van der Waals surface area contributed by atoms with E-state index in [1.54, 1.807) is 5.94 Å². The normalized spacial score (nSPS) is 24.0. The summed E-state index contributed by atoms with van der Waals surface area (Å²) in [5, 5.41) is 55.5. The lowest BCUT2D eigenvalue weighted by Crippen LogP contribution is -2.70. The Bertz CT molecular complexity index is 903. The highest BCUT2D eigenvalue weighted by atomic mass is 16.6. The molecule has 0 saturated carbocycles. The van der Waals surface area contributed by atoms with Crippen LogP contribution in [-0.2, 0) is 23.9 Å². The van der Waals surface area contributed by atoms with E-state index in [0.717, 1.165) is 83.5 Å². The van der Waals surface area contributed by atoms with Crippen molar-refractivity contribution in [3.63, 3.8) is 0 Å². The van der Waals surface area contributed by atoms with Crippen LogP contribution in [0.25, 0.3) is 0 Å². The Morgan fingerprint density at radius 3 is 1.74 bits per heavy atom. The van der Waals surface area contributed by atoms with Crippen LogP contribution in [0.15, 0.2) is 5.76 Å². The number of hydrogen-bond donors (Lipinski definition) is 5. The van der Waals surface area contributed by atoms with Gasteiger partial charge in [0.2, 0.25) is 0 Å². The SMILES string of the molecule is CCCCCCCCC(=C=O)O[C@@H]1[C@H](O)[C@@H](O)[C@H](C)O[C@H]1C(C(=O)O)(C(=O)C(O)CCCCCCCC)C(O)CCCCCCC. The van der Waals surface area contributed by atoms with E-state index in [-0.39, 0.29) is 25.0 Å². The molecule has 10 heteroatoms. The molecule has 1 aliphatic heterocycles. The molecule has 1 heterocycles. The number of aliphatic hydroxyl groups excluding tert-OH is 4. The maximum absolute atomic E-state index is 14.2. The standard InChI is InChI=1S/C36H64O10/c1-5-8-11-14-17-19-22-27(25-37)46-32-31(41)30(40)26(4)45-34(32)36(35(43)44,29(39)24-21-16-13-10-7-3)33(42)28(38)23-20-18-15-12-9-6-2/h26,28-32,34,38-41H,5-24H2,1-4H3,(H,43,44)/t26-,28?,29?,30-,31+,32+,34+,36?/m0/s1. The van der Waals surface area contributed by atoms with Crippen molar-refractivity contribution in [2.45, 2.75) is 199 Å². The van der Waals surface area contributed by atoms with E-state index in [4.69, 9.17) is 9.47 Å². The number of carbonyl (C=O) groups is 2. The van der Waals surface area contributed by atoms with Crippen molar-refractivity contribution < 1.29 is 49.4 Å². The molecule has 1 aliphatic rings. The van der Waals surface area contributed by atoms with Gasteiger partial charge in [0.1, 0.15) is 24.4 Å². The van der Waals surface area contributed by atoms with E-state index in [9.17, 15) is 39.9 Å². The highest BCUT2D eigenvalue weighted by molar-refractivity contribution is 6.06. The zero-order valence-corrected chi connectivity index (χ0v) is 29.0. The molecule has 1 fully saturated rings. The maximum Gasteiger partial charge on any atom is 0.322 e. The van der Waals surface area contributed by atoms with Gasteiger partial charge in [-0.1, -0.05) is 124 Å². The summed E-state index contributed by atoms with van der Waals surface area (Å²) in [7, 11) is 0. The van der Waals surface area contributed by atoms with E-state index < -0.39 is 59.9 Å². The van der Waals surface area contributed by atoms with Crippen LogP contribution in [0.4, 0.5) is 0 Å². The first kappa shape index (κ1) is 42.2. The molecule has 3 unspecified atom stereocenters. The van der Waals surface area contributed by atoms with Crippen molar-refractivity contribution in [1.29, 1.82) is 0 Å². The minimum absolute atomic E-state index is 0.000292. The van der Waals surface area contributed by atoms with Crippen molar-refractivity contribution >= 4 is 17.7 Å². The van der Waals surface area contributed by atoms with Gasteiger partial charge >= 0.3 is 5.97 Å². The minimum atomic E-state index is -2.74. The number of carboxylic acids is 1. The average molecular weight is 657 g/mol. The predicted molar refractivity (Wildman–Crippen MR) is 177 cm³/mol. The van der Waals surface area contributed by atoms with Gasteiger partial charge in [-0.05, 0) is 26.2 Å². The molecule has 0 aliphatic carbocycles. The molecule has 46 heavy (non-hydrogen) atoms. The lowest BCUT2D eigenvalue weighted by molar-refractivity contribution is -0.260. The third kappa shape index (κ3) is 12.7. The highest BCUT2D eigenvalue weighted by Crippen LogP contribution is 2.43. The third-order valence-electron chi connectivity index (χ3n) is 9.43. The van der Waals surface area contributed by atoms with E-state index in [1.807, 2.05) is 0 Å². The molecular weight excluding hydrogens is 592 g/mol. The van der Waals surface area contributed by atoms with Crippen molar-refractivity contribution in [1.82, 2.24) is 0 Å². The van der Waals surface area contributed by atoms with Crippen LogP contribution in [0, 0.1) is 5.41 Å². The zero-order valence-electron chi connectivity index (χ0n) is 29.0. The van der Waals surface area contributed by atoms with Crippen LogP contribution < -0.4 is 0 Å². The molecule has 0 amide bonds. The van der Waals surface area contributed by atoms with Gasteiger partial charge in [0.05, 0.1) is 12.2 Å². The Morgan fingerprint density at radius 1 is 0.761 bits per heavy atom. The minimum Gasteiger partial charge on any atom is -0.480 e. The molecule has 268 valence electrons. The smallest absolute Gasteiger partial charge is 0.322 e. The van der Waals surface area contributed by atoms with E-state index in [1.165, 1.54) is 6.92 Å². The summed E-state index contributed by atoms with van der Waals surface area (Å²) in [4.78, 5) is 39.5. The average Bonchev–Trinajstić information content (AvgIpc) is 3.03. The first-order valence-electron chi connectivity index (χ1n) is 18.1. The first-order chi connectivity index (χ1) is 22.0. The molecule has 10 nitrogen and oxygen atoms in total. The second-order valence-corrected chi connectivity index (χ2v) is 13.2. The van der Waals surface area contributed by atoms with Gasteiger partial charge in [0.15, 0.2) is 29.0 Å². The predicted octanol–water partition coefficient (Wildman–Crippen LogP) is 5.82.